The van der Waals surface area contributed by atoms with Gasteiger partial charge in [-0.05, 0) is 43.0 Å². The molecule has 1 aliphatic rings. The normalized spacial score (nSPS) is 21.6. The van der Waals surface area contributed by atoms with E-state index in [9.17, 15) is 4.39 Å². The first-order chi connectivity index (χ1) is 9.12. The van der Waals surface area contributed by atoms with Gasteiger partial charge < -0.3 is 5.73 Å². The Morgan fingerprint density at radius 1 is 1.47 bits per heavy atom. The molecular weight excluding hydrogens is 243 g/mol. The Morgan fingerprint density at radius 2 is 2.32 bits per heavy atom. The lowest BCUT2D eigenvalue weighted by atomic mass is 9.89. The van der Waals surface area contributed by atoms with Crippen LogP contribution in [0, 0.1) is 5.82 Å². The van der Waals surface area contributed by atoms with Gasteiger partial charge in [-0.25, -0.2) is 9.37 Å². The molecule has 0 saturated heterocycles. The standard InChI is InChI=1S/C14H17FN4/c1-2-19-13(17-9-18-19)8-14(16)6-5-10-7-11(15)3-4-12(10)14/h3-4,7,9H,2,5-6,8,16H2,1H3. The molecule has 2 aromatic rings. The Hall–Kier alpha value is -1.75. The zero-order valence-corrected chi connectivity index (χ0v) is 10.9. The van der Waals surface area contributed by atoms with Gasteiger partial charge in [0.15, 0.2) is 0 Å². The number of halogens is 1. The fourth-order valence-corrected chi connectivity index (χ4v) is 2.90. The second-order valence-corrected chi connectivity index (χ2v) is 5.13. The molecule has 19 heavy (non-hydrogen) atoms. The van der Waals surface area contributed by atoms with E-state index >= 15 is 0 Å². The first kappa shape index (κ1) is 12.3. The van der Waals surface area contributed by atoms with E-state index in [4.69, 9.17) is 5.73 Å². The van der Waals surface area contributed by atoms with Gasteiger partial charge in [0.1, 0.15) is 18.0 Å². The lowest BCUT2D eigenvalue weighted by molar-refractivity contribution is 0.415. The molecule has 0 spiro atoms. The van der Waals surface area contributed by atoms with Crippen LogP contribution in [-0.4, -0.2) is 14.8 Å². The summed E-state index contributed by atoms with van der Waals surface area (Å²) in [5.74, 6) is 0.696. The van der Waals surface area contributed by atoms with E-state index < -0.39 is 5.54 Å². The molecule has 1 atom stereocenters. The third-order valence-corrected chi connectivity index (χ3v) is 3.91. The van der Waals surface area contributed by atoms with Crippen LogP contribution in [0.4, 0.5) is 4.39 Å². The number of hydrogen-bond acceptors (Lipinski definition) is 3. The van der Waals surface area contributed by atoms with Crippen LogP contribution in [0.15, 0.2) is 24.5 Å². The predicted molar refractivity (Wildman–Crippen MR) is 70.0 cm³/mol. The summed E-state index contributed by atoms with van der Waals surface area (Å²) in [5.41, 5.74) is 8.14. The highest BCUT2D eigenvalue weighted by molar-refractivity contribution is 5.39. The fraction of sp³-hybridized carbons (Fsp3) is 0.429. The summed E-state index contributed by atoms with van der Waals surface area (Å²) in [7, 11) is 0. The summed E-state index contributed by atoms with van der Waals surface area (Å²) in [6.45, 7) is 2.81. The molecule has 5 heteroatoms. The summed E-state index contributed by atoms with van der Waals surface area (Å²) < 4.78 is 15.1. The van der Waals surface area contributed by atoms with Crippen LogP contribution in [0.3, 0.4) is 0 Å². The Kier molecular flexibility index (Phi) is 2.86. The maximum absolute atomic E-state index is 13.2. The van der Waals surface area contributed by atoms with Crippen molar-refractivity contribution in [2.75, 3.05) is 0 Å². The molecule has 1 aromatic carbocycles. The van der Waals surface area contributed by atoms with Crippen molar-refractivity contribution in [1.29, 1.82) is 0 Å². The monoisotopic (exact) mass is 260 g/mol. The summed E-state index contributed by atoms with van der Waals surface area (Å²) in [6.07, 6.45) is 3.84. The molecule has 0 bridgehead atoms. The minimum Gasteiger partial charge on any atom is -0.321 e. The molecule has 0 amide bonds. The number of nitrogens with two attached hydrogens (primary N) is 1. The summed E-state index contributed by atoms with van der Waals surface area (Å²) in [6, 6.07) is 4.88. The van der Waals surface area contributed by atoms with Gasteiger partial charge in [-0.1, -0.05) is 6.07 Å². The van der Waals surface area contributed by atoms with Crippen molar-refractivity contribution in [1.82, 2.24) is 14.8 Å². The van der Waals surface area contributed by atoms with E-state index in [1.807, 2.05) is 17.7 Å². The summed E-state index contributed by atoms with van der Waals surface area (Å²) in [4.78, 5) is 4.28. The van der Waals surface area contributed by atoms with Gasteiger partial charge in [-0.15, -0.1) is 0 Å². The highest BCUT2D eigenvalue weighted by Gasteiger charge is 2.36. The molecule has 2 N–H and O–H groups in total. The van der Waals surface area contributed by atoms with Crippen LogP contribution in [-0.2, 0) is 24.9 Å². The van der Waals surface area contributed by atoms with Gasteiger partial charge >= 0.3 is 0 Å². The van der Waals surface area contributed by atoms with Gasteiger partial charge in [0.05, 0.1) is 0 Å². The lowest BCUT2D eigenvalue weighted by Gasteiger charge is -2.25. The van der Waals surface area contributed by atoms with E-state index in [1.165, 1.54) is 6.07 Å². The largest absolute Gasteiger partial charge is 0.321 e. The van der Waals surface area contributed by atoms with Gasteiger partial charge in [-0.2, -0.15) is 5.10 Å². The fourth-order valence-electron chi connectivity index (χ4n) is 2.90. The summed E-state index contributed by atoms with van der Waals surface area (Å²) in [5, 5.41) is 4.17. The number of rotatable bonds is 3. The summed E-state index contributed by atoms with van der Waals surface area (Å²) >= 11 is 0. The third kappa shape index (κ3) is 2.04. The van der Waals surface area contributed by atoms with Crippen LogP contribution >= 0.6 is 0 Å². The van der Waals surface area contributed by atoms with Crippen LogP contribution in [0.1, 0.15) is 30.3 Å². The molecule has 0 aliphatic heterocycles. The molecular formula is C14H17FN4. The highest BCUT2D eigenvalue weighted by Crippen LogP contribution is 2.37. The number of benzene rings is 1. The Morgan fingerprint density at radius 3 is 3.11 bits per heavy atom. The van der Waals surface area contributed by atoms with Gasteiger partial charge in [0, 0.05) is 18.5 Å². The maximum atomic E-state index is 13.2. The van der Waals surface area contributed by atoms with Crippen molar-refractivity contribution >= 4 is 0 Å². The minimum absolute atomic E-state index is 0.195. The van der Waals surface area contributed by atoms with E-state index in [1.54, 1.807) is 12.4 Å². The maximum Gasteiger partial charge on any atom is 0.138 e. The van der Waals surface area contributed by atoms with Crippen molar-refractivity contribution in [3.05, 3.63) is 47.3 Å². The number of nitrogens with zero attached hydrogens (tertiary/aromatic N) is 3. The molecule has 3 rings (SSSR count). The Labute approximate surface area is 111 Å². The van der Waals surface area contributed by atoms with E-state index in [2.05, 4.69) is 10.1 Å². The van der Waals surface area contributed by atoms with Gasteiger partial charge in [0.25, 0.3) is 0 Å². The van der Waals surface area contributed by atoms with Crippen LogP contribution in [0.25, 0.3) is 0 Å². The quantitative estimate of drug-likeness (QED) is 0.915. The third-order valence-electron chi connectivity index (χ3n) is 3.91. The smallest absolute Gasteiger partial charge is 0.138 e. The van der Waals surface area contributed by atoms with Crippen LogP contribution < -0.4 is 5.73 Å². The molecule has 4 nitrogen and oxygen atoms in total. The number of aryl methyl sites for hydroxylation is 2. The van der Waals surface area contributed by atoms with Crippen molar-refractivity contribution in [2.45, 2.75) is 38.3 Å². The zero-order chi connectivity index (χ0) is 13.5. The molecule has 0 radical (unpaired) electrons. The Balaban J connectivity index is 1.94. The first-order valence-electron chi connectivity index (χ1n) is 6.57. The van der Waals surface area contributed by atoms with Gasteiger partial charge in [-0.3, -0.25) is 4.68 Å². The Bertz CT molecular complexity index is 607. The second kappa shape index (κ2) is 4.42. The number of fused-ring (bicyclic) bond motifs is 1. The molecule has 0 fully saturated rings. The molecule has 100 valence electrons. The first-order valence-corrected chi connectivity index (χ1v) is 6.57. The van der Waals surface area contributed by atoms with Crippen molar-refractivity contribution in [3.8, 4) is 0 Å². The van der Waals surface area contributed by atoms with Crippen molar-refractivity contribution in [2.24, 2.45) is 5.73 Å². The predicted octanol–water partition coefficient (Wildman–Crippen LogP) is 1.78. The average molecular weight is 260 g/mol. The van der Waals surface area contributed by atoms with E-state index in [0.717, 1.165) is 36.3 Å². The number of hydrogen-bond donors (Lipinski definition) is 1. The molecule has 1 aliphatic carbocycles. The van der Waals surface area contributed by atoms with Crippen molar-refractivity contribution in [3.63, 3.8) is 0 Å². The lowest BCUT2D eigenvalue weighted by Crippen LogP contribution is -2.37. The zero-order valence-electron chi connectivity index (χ0n) is 10.9. The van der Waals surface area contributed by atoms with E-state index in [-0.39, 0.29) is 5.82 Å². The van der Waals surface area contributed by atoms with Crippen molar-refractivity contribution < 1.29 is 4.39 Å². The van der Waals surface area contributed by atoms with Gasteiger partial charge in [0.2, 0.25) is 0 Å². The highest BCUT2D eigenvalue weighted by atomic mass is 19.1. The average Bonchev–Trinajstić information content (AvgIpc) is 2.95. The van der Waals surface area contributed by atoms with Crippen LogP contribution in [0.5, 0.6) is 0 Å². The second-order valence-electron chi connectivity index (χ2n) is 5.13. The topological polar surface area (TPSA) is 56.7 Å². The number of aromatic nitrogens is 3. The SMILES string of the molecule is CCn1ncnc1CC1(N)CCc2cc(F)ccc21. The molecule has 1 heterocycles. The van der Waals surface area contributed by atoms with E-state index in [0.29, 0.717) is 6.42 Å². The van der Waals surface area contributed by atoms with Crippen LogP contribution in [0.2, 0.25) is 0 Å². The molecule has 1 aromatic heterocycles. The minimum atomic E-state index is -0.455. The molecule has 0 saturated carbocycles. The molecule has 1 unspecified atom stereocenters.